The van der Waals surface area contributed by atoms with Crippen molar-refractivity contribution < 1.29 is 9.53 Å². The smallest absolute Gasteiger partial charge is 0.323 e. The third-order valence-electron chi connectivity index (χ3n) is 3.78. The third kappa shape index (κ3) is 1.95. The topological polar surface area (TPSA) is 29.5 Å². The molecule has 0 aliphatic carbocycles. The Balaban J connectivity index is 1.87. The van der Waals surface area contributed by atoms with E-state index in [0.29, 0.717) is 6.61 Å². The highest BCUT2D eigenvalue weighted by Gasteiger charge is 2.39. The lowest BCUT2D eigenvalue weighted by Crippen LogP contribution is -2.52. The minimum atomic E-state index is -0.0307. The first-order chi connectivity index (χ1) is 8.36. The van der Waals surface area contributed by atoms with Gasteiger partial charge in [0.15, 0.2) is 0 Å². The van der Waals surface area contributed by atoms with Gasteiger partial charge in [-0.2, -0.15) is 0 Å². The number of carbonyl (C=O) groups is 1. The minimum absolute atomic E-state index is 0.0114. The van der Waals surface area contributed by atoms with E-state index in [1.807, 2.05) is 18.2 Å². The molecule has 0 bridgehead atoms. The van der Waals surface area contributed by atoms with Crippen molar-refractivity contribution in [2.75, 3.05) is 13.2 Å². The zero-order chi connectivity index (χ0) is 11.7. The van der Waals surface area contributed by atoms with Crippen LogP contribution >= 0.6 is 0 Å². The molecule has 0 saturated carbocycles. The van der Waals surface area contributed by atoms with E-state index in [1.54, 1.807) is 0 Å². The molecule has 90 valence electrons. The fraction of sp³-hybridized carbons (Fsp3) is 0.500. The molecule has 3 heteroatoms. The van der Waals surface area contributed by atoms with Gasteiger partial charge in [-0.1, -0.05) is 36.8 Å². The van der Waals surface area contributed by atoms with E-state index in [-0.39, 0.29) is 18.1 Å². The second kappa shape index (κ2) is 4.49. The van der Waals surface area contributed by atoms with Crippen LogP contribution in [0.5, 0.6) is 0 Å². The Kier molecular flexibility index (Phi) is 2.85. The molecule has 0 aromatic heterocycles. The van der Waals surface area contributed by atoms with Gasteiger partial charge in [0.1, 0.15) is 12.6 Å². The average molecular weight is 231 g/mol. The number of carbonyl (C=O) groups excluding carboxylic acids is 1. The molecule has 2 heterocycles. The fourth-order valence-electron chi connectivity index (χ4n) is 2.90. The predicted octanol–water partition coefficient (Wildman–Crippen LogP) is 2.14. The zero-order valence-corrected chi connectivity index (χ0v) is 9.84. The van der Waals surface area contributed by atoms with Crippen LogP contribution in [0, 0.1) is 0 Å². The fourth-order valence-corrected chi connectivity index (χ4v) is 2.90. The highest BCUT2D eigenvalue weighted by Crippen LogP contribution is 2.32. The van der Waals surface area contributed by atoms with E-state index in [1.165, 1.54) is 12.0 Å². The zero-order valence-electron chi connectivity index (χ0n) is 9.84. The van der Waals surface area contributed by atoms with Crippen LogP contribution in [0.4, 0.5) is 0 Å². The molecule has 2 aliphatic rings. The van der Waals surface area contributed by atoms with Crippen LogP contribution < -0.4 is 0 Å². The SMILES string of the molecule is O=C1OC[C@H](c2ccccc2)N2CCCC[C@H]12. The number of ether oxygens (including phenoxy) is 1. The molecule has 2 fully saturated rings. The van der Waals surface area contributed by atoms with Gasteiger partial charge in [-0.15, -0.1) is 0 Å². The van der Waals surface area contributed by atoms with Crippen LogP contribution in [0.1, 0.15) is 30.9 Å². The van der Waals surface area contributed by atoms with Gasteiger partial charge in [0, 0.05) is 0 Å². The normalized spacial score (nSPS) is 29.5. The monoisotopic (exact) mass is 231 g/mol. The van der Waals surface area contributed by atoms with Crippen LogP contribution in [0.25, 0.3) is 0 Å². The third-order valence-corrected chi connectivity index (χ3v) is 3.78. The summed E-state index contributed by atoms with van der Waals surface area (Å²) in [7, 11) is 0. The maximum atomic E-state index is 11.7. The van der Waals surface area contributed by atoms with Crippen LogP contribution in [0.2, 0.25) is 0 Å². The Morgan fingerprint density at radius 1 is 1.12 bits per heavy atom. The van der Waals surface area contributed by atoms with Gasteiger partial charge in [0.25, 0.3) is 0 Å². The number of esters is 1. The summed E-state index contributed by atoms with van der Waals surface area (Å²) in [6.07, 6.45) is 3.27. The maximum absolute atomic E-state index is 11.7. The highest BCUT2D eigenvalue weighted by molar-refractivity contribution is 5.76. The van der Waals surface area contributed by atoms with Crippen molar-refractivity contribution in [2.45, 2.75) is 31.3 Å². The highest BCUT2D eigenvalue weighted by atomic mass is 16.5. The Bertz CT molecular complexity index is 404. The Morgan fingerprint density at radius 3 is 2.76 bits per heavy atom. The number of benzene rings is 1. The standard InChI is InChI=1S/C14H17NO2/c16-14-12-8-4-5-9-15(12)13(10-17-14)11-6-2-1-3-7-11/h1-3,6-7,12-13H,4-5,8-10H2/t12-,13-/m1/s1. The van der Waals surface area contributed by atoms with Gasteiger partial charge in [-0.25, -0.2) is 0 Å². The first-order valence-corrected chi connectivity index (χ1v) is 6.33. The van der Waals surface area contributed by atoms with E-state index < -0.39 is 0 Å². The van der Waals surface area contributed by atoms with Crippen molar-refractivity contribution >= 4 is 5.97 Å². The quantitative estimate of drug-likeness (QED) is 0.693. The van der Waals surface area contributed by atoms with Crippen LogP contribution in [-0.2, 0) is 9.53 Å². The van der Waals surface area contributed by atoms with E-state index >= 15 is 0 Å². The molecule has 0 spiro atoms. The molecule has 2 aliphatic heterocycles. The number of hydrogen-bond acceptors (Lipinski definition) is 3. The molecule has 1 aromatic carbocycles. The molecule has 0 amide bonds. The van der Waals surface area contributed by atoms with Crippen LogP contribution in [0.3, 0.4) is 0 Å². The van der Waals surface area contributed by atoms with Crippen molar-refractivity contribution in [3.8, 4) is 0 Å². The Labute approximate surface area is 101 Å². The molecule has 3 rings (SSSR count). The maximum Gasteiger partial charge on any atom is 0.323 e. The van der Waals surface area contributed by atoms with E-state index in [4.69, 9.17) is 4.74 Å². The molecule has 0 N–H and O–H groups in total. The Morgan fingerprint density at radius 2 is 1.94 bits per heavy atom. The average Bonchev–Trinajstić information content (AvgIpc) is 2.41. The van der Waals surface area contributed by atoms with Crippen molar-refractivity contribution in [2.24, 2.45) is 0 Å². The number of hydrogen-bond donors (Lipinski definition) is 0. The van der Waals surface area contributed by atoms with Gasteiger partial charge in [0.2, 0.25) is 0 Å². The van der Waals surface area contributed by atoms with Crippen LogP contribution in [0.15, 0.2) is 30.3 Å². The molecule has 2 saturated heterocycles. The lowest BCUT2D eigenvalue weighted by molar-refractivity contribution is -0.165. The second-order valence-electron chi connectivity index (χ2n) is 4.81. The number of nitrogens with zero attached hydrogens (tertiary/aromatic N) is 1. The first kappa shape index (κ1) is 10.8. The molecule has 0 radical (unpaired) electrons. The van der Waals surface area contributed by atoms with Gasteiger partial charge in [0.05, 0.1) is 6.04 Å². The Hall–Kier alpha value is -1.35. The van der Waals surface area contributed by atoms with E-state index in [0.717, 1.165) is 19.4 Å². The lowest BCUT2D eigenvalue weighted by atomic mass is 9.95. The summed E-state index contributed by atoms with van der Waals surface area (Å²) in [6.45, 7) is 1.51. The van der Waals surface area contributed by atoms with Crippen LogP contribution in [-0.4, -0.2) is 30.1 Å². The van der Waals surface area contributed by atoms with E-state index in [9.17, 15) is 4.79 Å². The molecule has 1 aromatic rings. The predicted molar refractivity (Wildman–Crippen MR) is 64.5 cm³/mol. The summed E-state index contributed by atoms with van der Waals surface area (Å²) in [5, 5.41) is 0. The molecular weight excluding hydrogens is 214 g/mol. The summed E-state index contributed by atoms with van der Waals surface area (Å²) >= 11 is 0. The number of cyclic esters (lactones) is 1. The van der Waals surface area contributed by atoms with Crippen molar-refractivity contribution in [1.82, 2.24) is 4.90 Å². The molecule has 17 heavy (non-hydrogen) atoms. The van der Waals surface area contributed by atoms with Crippen molar-refractivity contribution in [3.05, 3.63) is 35.9 Å². The minimum Gasteiger partial charge on any atom is -0.462 e. The summed E-state index contributed by atoms with van der Waals surface area (Å²) in [5.41, 5.74) is 1.26. The number of piperidine rings is 1. The van der Waals surface area contributed by atoms with Crippen molar-refractivity contribution in [1.29, 1.82) is 0 Å². The largest absolute Gasteiger partial charge is 0.462 e. The number of rotatable bonds is 1. The number of morpholine rings is 1. The number of fused-ring (bicyclic) bond motifs is 1. The summed E-state index contributed by atoms with van der Waals surface area (Å²) in [4.78, 5) is 14.1. The molecule has 2 atom stereocenters. The summed E-state index contributed by atoms with van der Waals surface area (Å²) in [6, 6.07) is 10.6. The summed E-state index contributed by atoms with van der Waals surface area (Å²) < 4.78 is 5.33. The van der Waals surface area contributed by atoms with Crippen molar-refractivity contribution in [3.63, 3.8) is 0 Å². The van der Waals surface area contributed by atoms with Gasteiger partial charge < -0.3 is 4.74 Å². The first-order valence-electron chi connectivity index (χ1n) is 6.33. The molecular formula is C14H17NO2. The second-order valence-corrected chi connectivity index (χ2v) is 4.81. The van der Waals surface area contributed by atoms with E-state index in [2.05, 4.69) is 17.0 Å². The molecule has 0 unspecified atom stereocenters. The molecule has 3 nitrogen and oxygen atoms in total. The van der Waals surface area contributed by atoms with Gasteiger partial charge in [-0.05, 0) is 24.9 Å². The van der Waals surface area contributed by atoms with Gasteiger partial charge >= 0.3 is 5.97 Å². The summed E-state index contributed by atoms with van der Waals surface area (Å²) in [5.74, 6) is -0.0307. The van der Waals surface area contributed by atoms with Gasteiger partial charge in [-0.3, -0.25) is 9.69 Å². The lowest BCUT2D eigenvalue weighted by Gasteiger charge is -2.43.